The molecule has 1 unspecified atom stereocenters. The average molecular weight is 218 g/mol. The normalized spacial score (nSPS) is 13.6. The molecule has 74 valence electrons. The van der Waals surface area contributed by atoms with Gasteiger partial charge < -0.3 is 5.73 Å². The Labute approximate surface area is 88.9 Å². The minimum Gasteiger partial charge on any atom is -0.323 e. The van der Waals surface area contributed by atoms with E-state index in [4.69, 9.17) is 17.3 Å². The van der Waals surface area contributed by atoms with Crippen LogP contribution in [0.3, 0.4) is 0 Å². The van der Waals surface area contributed by atoms with Gasteiger partial charge in [0.05, 0.1) is 5.02 Å². The second-order valence-corrected chi connectivity index (χ2v) is 5.07. The van der Waals surface area contributed by atoms with Gasteiger partial charge in [0.15, 0.2) is 0 Å². The number of hydrogen-bond acceptors (Lipinski definition) is 2. The Hall–Kier alpha value is -0.0500. The summed E-state index contributed by atoms with van der Waals surface area (Å²) < 4.78 is 0. The van der Waals surface area contributed by atoms with Crippen molar-refractivity contribution in [1.29, 1.82) is 0 Å². The van der Waals surface area contributed by atoms with Gasteiger partial charge in [0.25, 0.3) is 0 Å². The maximum absolute atomic E-state index is 6.01. The number of thiophene rings is 1. The molecule has 0 fully saturated rings. The smallest absolute Gasteiger partial charge is 0.0561 e. The Bertz CT molecular complexity index is 257. The number of rotatable bonds is 4. The predicted octanol–water partition coefficient (Wildman–Crippen LogP) is 3.84. The van der Waals surface area contributed by atoms with Crippen LogP contribution in [0, 0.1) is 5.92 Å². The molecule has 1 atom stereocenters. The molecule has 0 amide bonds. The van der Waals surface area contributed by atoms with E-state index >= 15 is 0 Å². The zero-order chi connectivity index (χ0) is 9.84. The summed E-state index contributed by atoms with van der Waals surface area (Å²) in [6.45, 7) is 4.42. The number of halogens is 1. The summed E-state index contributed by atoms with van der Waals surface area (Å²) in [6, 6.07) is 2.03. The maximum atomic E-state index is 6.01. The zero-order valence-corrected chi connectivity index (χ0v) is 9.66. The van der Waals surface area contributed by atoms with E-state index in [9.17, 15) is 0 Å². The Morgan fingerprint density at radius 1 is 1.46 bits per heavy atom. The van der Waals surface area contributed by atoms with Crippen LogP contribution in [-0.2, 0) is 0 Å². The summed E-state index contributed by atoms with van der Waals surface area (Å²) in [5.74, 6) is 0.713. The summed E-state index contributed by atoms with van der Waals surface area (Å²) in [5, 5.41) is 2.81. The Balaban J connectivity index is 2.49. The summed E-state index contributed by atoms with van der Waals surface area (Å²) >= 11 is 7.63. The standard InChI is InChI=1S/C10H16ClNS/c1-7(2)3-4-9(12)10-8(11)5-6-13-10/h5-7,9H,3-4,12H2,1-2H3. The largest absolute Gasteiger partial charge is 0.323 e. The molecule has 0 spiro atoms. The molecule has 0 aliphatic carbocycles. The molecular formula is C10H16ClNS. The lowest BCUT2D eigenvalue weighted by Gasteiger charge is -2.11. The first-order valence-electron chi connectivity index (χ1n) is 4.59. The van der Waals surface area contributed by atoms with Crippen molar-refractivity contribution in [3.8, 4) is 0 Å². The van der Waals surface area contributed by atoms with Crippen LogP contribution in [0.2, 0.25) is 5.02 Å². The fraction of sp³-hybridized carbons (Fsp3) is 0.600. The first-order chi connectivity index (χ1) is 6.11. The van der Waals surface area contributed by atoms with Gasteiger partial charge in [-0.1, -0.05) is 25.4 Å². The van der Waals surface area contributed by atoms with Crippen molar-refractivity contribution >= 4 is 22.9 Å². The number of hydrogen-bond donors (Lipinski definition) is 1. The van der Waals surface area contributed by atoms with Crippen LogP contribution in [-0.4, -0.2) is 0 Å². The van der Waals surface area contributed by atoms with Crippen LogP contribution in [0.15, 0.2) is 11.4 Å². The molecule has 3 heteroatoms. The fourth-order valence-electron chi connectivity index (χ4n) is 1.21. The Kier molecular flexibility index (Phi) is 4.23. The minimum absolute atomic E-state index is 0.120. The highest BCUT2D eigenvalue weighted by atomic mass is 35.5. The second kappa shape index (κ2) is 4.99. The highest BCUT2D eigenvalue weighted by Gasteiger charge is 2.11. The van der Waals surface area contributed by atoms with Gasteiger partial charge in [-0.25, -0.2) is 0 Å². The molecule has 1 heterocycles. The SMILES string of the molecule is CC(C)CCC(N)c1sccc1Cl. The monoisotopic (exact) mass is 217 g/mol. The molecule has 1 nitrogen and oxygen atoms in total. The van der Waals surface area contributed by atoms with Crippen LogP contribution < -0.4 is 5.73 Å². The summed E-state index contributed by atoms with van der Waals surface area (Å²) in [5.41, 5.74) is 6.01. The molecule has 13 heavy (non-hydrogen) atoms. The van der Waals surface area contributed by atoms with Crippen molar-refractivity contribution in [2.45, 2.75) is 32.7 Å². The van der Waals surface area contributed by atoms with Crippen molar-refractivity contribution in [2.75, 3.05) is 0 Å². The first kappa shape index (κ1) is 11.0. The van der Waals surface area contributed by atoms with E-state index in [1.807, 2.05) is 11.4 Å². The van der Waals surface area contributed by atoms with Crippen molar-refractivity contribution < 1.29 is 0 Å². The molecular weight excluding hydrogens is 202 g/mol. The maximum Gasteiger partial charge on any atom is 0.0561 e. The zero-order valence-electron chi connectivity index (χ0n) is 8.09. The number of nitrogens with two attached hydrogens (primary N) is 1. The molecule has 1 aromatic rings. The van der Waals surface area contributed by atoms with E-state index in [0.29, 0.717) is 5.92 Å². The van der Waals surface area contributed by atoms with Gasteiger partial charge in [-0.05, 0) is 30.2 Å². The third-order valence-corrected chi connectivity index (χ3v) is 3.53. The molecule has 0 aromatic carbocycles. The molecule has 0 saturated heterocycles. The lowest BCUT2D eigenvalue weighted by atomic mass is 10.0. The van der Waals surface area contributed by atoms with E-state index in [1.165, 1.54) is 0 Å². The first-order valence-corrected chi connectivity index (χ1v) is 5.85. The third-order valence-electron chi connectivity index (χ3n) is 2.04. The molecule has 0 radical (unpaired) electrons. The van der Waals surface area contributed by atoms with Gasteiger partial charge in [-0.2, -0.15) is 0 Å². The lowest BCUT2D eigenvalue weighted by molar-refractivity contribution is 0.511. The van der Waals surface area contributed by atoms with Crippen molar-refractivity contribution in [1.82, 2.24) is 0 Å². The Morgan fingerprint density at radius 3 is 2.62 bits per heavy atom. The van der Waals surface area contributed by atoms with Crippen molar-refractivity contribution in [3.63, 3.8) is 0 Å². The molecule has 2 N–H and O–H groups in total. The lowest BCUT2D eigenvalue weighted by Crippen LogP contribution is -2.09. The molecule has 0 bridgehead atoms. The van der Waals surface area contributed by atoms with E-state index in [1.54, 1.807) is 11.3 Å². The third kappa shape index (κ3) is 3.29. The van der Waals surface area contributed by atoms with Gasteiger partial charge in [0.1, 0.15) is 0 Å². The van der Waals surface area contributed by atoms with Crippen LogP contribution >= 0.6 is 22.9 Å². The summed E-state index contributed by atoms with van der Waals surface area (Å²) in [4.78, 5) is 1.13. The second-order valence-electron chi connectivity index (χ2n) is 3.71. The molecule has 0 aliphatic rings. The minimum atomic E-state index is 0.120. The van der Waals surface area contributed by atoms with Gasteiger partial charge >= 0.3 is 0 Å². The van der Waals surface area contributed by atoms with Crippen molar-refractivity contribution in [2.24, 2.45) is 11.7 Å². The van der Waals surface area contributed by atoms with Crippen LogP contribution in [0.5, 0.6) is 0 Å². The molecule has 0 saturated carbocycles. The van der Waals surface area contributed by atoms with E-state index in [2.05, 4.69) is 13.8 Å². The quantitative estimate of drug-likeness (QED) is 0.815. The van der Waals surface area contributed by atoms with Crippen molar-refractivity contribution in [3.05, 3.63) is 21.3 Å². The fourth-order valence-corrected chi connectivity index (χ4v) is 2.45. The Morgan fingerprint density at radius 2 is 2.15 bits per heavy atom. The summed E-state index contributed by atoms with van der Waals surface area (Å²) in [7, 11) is 0. The van der Waals surface area contributed by atoms with E-state index in [-0.39, 0.29) is 6.04 Å². The predicted molar refractivity (Wildman–Crippen MR) is 60.3 cm³/mol. The average Bonchev–Trinajstić information content (AvgIpc) is 2.47. The van der Waals surface area contributed by atoms with E-state index in [0.717, 1.165) is 22.7 Å². The van der Waals surface area contributed by atoms with Gasteiger partial charge in [-0.15, -0.1) is 11.3 Å². The molecule has 1 aromatic heterocycles. The van der Waals surface area contributed by atoms with Gasteiger partial charge in [0.2, 0.25) is 0 Å². The van der Waals surface area contributed by atoms with Gasteiger partial charge in [-0.3, -0.25) is 0 Å². The van der Waals surface area contributed by atoms with E-state index < -0.39 is 0 Å². The highest BCUT2D eigenvalue weighted by molar-refractivity contribution is 7.10. The van der Waals surface area contributed by atoms with Crippen LogP contribution in [0.1, 0.15) is 37.6 Å². The highest BCUT2D eigenvalue weighted by Crippen LogP contribution is 2.30. The van der Waals surface area contributed by atoms with Crippen LogP contribution in [0.25, 0.3) is 0 Å². The molecule has 1 rings (SSSR count). The topological polar surface area (TPSA) is 26.0 Å². The van der Waals surface area contributed by atoms with Crippen LogP contribution in [0.4, 0.5) is 0 Å². The molecule has 0 aliphatic heterocycles. The summed E-state index contributed by atoms with van der Waals surface area (Å²) in [6.07, 6.45) is 2.19. The van der Waals surface area contributed by atoms with Gasteiger partial charge in [0, 0.05) is 10.9 Å².